The van der Waals surface area contributed by atoms with E-state index in [4.69, 9.17) is 11.6 Å². The number of hydrogen-bond donors (Lipinski definition) is 2. The molecular formula is C13H18ClFN2O2S. The van der Waals surface area contributed by atoms with Gasteiger partial charge in [-0.05, 0) is 49.5 Å². The SMILES string of the molecule is CC1(CNS(=O)(=O)c2cc(F)ccc2Cl)CCNCC1. The van der Waals surface area contributed by atoms with Crippen LogP contribution in [0.15, 0.2) is 23.1 Å². The van der Waals surface area contributed by atoms with E-state index in [9.17, 15) is 12.8 Å². The summed E-state index contributed by atoms with van der Waals surface area (Å²) in [7, 11) is -3.79. The Bertz CT molecular complexity index is 586. The number of piperidine rings is 1. The van der Waals surface area contributed by atoms with Crippen molar-refractivity contribution in [1.82, 2.24) is 10.0 Å². The highest BCUT2D eigenvalue weighted by molar-refractivity contribution is 7.89. The van der Waals surface area contributed by atoms with Gasteiger partial charge in [0.15, 0.2) is 0 Å². The van der Waals surface area contributed by atoms with Gasteiger partial charge < -0.3 is 5.32 Å². The predicted octanol–water partition coefficient (Wildman–Crippen LogP) is 2.15. The monoisotopic (exact) mass is 320 g/mol. The van der Waals surface area contributed by atoms with Crippen molar-refractivity contribution in [3.8, 4) is 0 Å². The Hall–Kier alpha value is -0.690. The second kappa shape index (κ2) is 5.97. The lowest BCUT2D eigenvalue weighted by molar-refractivity contribution is 0.232. The topological polar surface area (TPSA) is 58.2 Å². The summed E-state index contributed by atoms with van der Waals surface area (Å²) in [5.74, 6) is -0.622. The maximum absolute atomic E-state index is 13.2. The minimum atomic E-state index is -3.79. The summed E-state index contributed by atoms with van der Waals surface area (Å²) < 4.78 is 40.2. The van der Waals surface area contributed by atoms with E-state index in [1.807, 2.05) is 6.92 Å². The van der Waals surface area contributed by atoms with Gasteiger partial charge in [-0.25, -0.2) is 17.5 Å². The molecule has 4 nitrogen and oxygen atoms in total. The quantitative estimate of drug-likeness (QED) is 0.893. The van der Waals surface area contributed by atoms with Crippen molar-refractivity contribution < 1.29 is 12.8 Å². The van der Waals surface area contributed by atoms with E-state index in [0.29, 0.717) is 6.54 Å². The van der Waals surface area contributed by atoms with Crippen molar-refractivity contribution in [2.45, 2.75) is 24.7 Å². The fourth-order valence-corrected chi connectivity index (χ4v) is 3.95. The fraction of sp³-hybridized carbons (Fsp3) is 0.538. The Morgan fingerprint density at radius 1 is 1.40 bits per heavy atom. The summed E-state index contributed by atoms with van der Waals surface area (Å²) in [6, 6.07) is 3.32. The van der Waals surface area contributed by atoms with E-state index in [1.54, 1.807) is 0 Å². The van der Waals surface area contributed by atoms with E-state index in [-0.39, 0.29) is 15.3 Å². The van der Waals surface area contributed by atoms with Crippen molar-refractivity contribution in [2.24, 2.45) is 5.41 Å². The molecule has 2 N–H and O–H groups in total. The zero-order valence-corrected chi connectivity index (χ0v) is 12.8. The van der Waals surface area contributed by atoms with E-state index in [1.165, 1.54) is 6.07 Å². The van der Waals surface area contributed by atoms with Crippen molar-refractivity contribution in [3.63, 3.8) is 0 Å². The van der Waals surface area contributed by atoms with Crippen molar-refractivity contribution in [1.29, 1.82) is 0 Å². The molecule has 1 aromatic carbocycles. The molecule has 1 saturated heterocycles. The normalized spacial score (nSPS) is 18.9. The fourth-order valence-electron chi connectivity index (χ4n) is 2.24. The lowest BCUT2D eigenvalue weighted by atomic mass is 9.81. The molecule has 0 radical (unpaired) electrons. The molecule has 0 atom stereocenters. The minimum Gasteiger partial charge on any atom is -0.317 e. The van der Waals surface area contributed by atoms with E-state index in [0.717, 1.165) is 38.1 Å². The summed E-state index contributed by atoms with van der Waals surface area (Å²) in [6.45, 7) is 4.12. The molecule has 0 amide bonds. The highest BCUT2D eigenvalue weighted by atomic mass is 35.5. The largest absolute Gasteiger partial charge is 0.317 e. The van der Waals surface area contributed by atoms with Crippen LogP contribution in [-0.2, 0) is 10.0 Å². The van der Waals surface area contributed by atoms with Crippen LogP contribution >= 0.6 is 11.6 Å². The smallest absolute Gasteiger partial charge is 0.242 e. The highest BCUT2D eigenvalue weighted by Gasteiger charge is 2.29. The van der Waals surface area contributed by atoms with Crippen molar-refractivity contribution in [3.05, 3.63) is 29.0 Å². The van der Waals surface area contributed by atoms with Crippen LogP contribution in [0.1, 0.15) is 19.8 Å². The van der Waals surface area contributed by atoms with Crippen molar-refractivity contribution in [2.75, 3.05) is 19.6 Å². The van der Waals surface area contributed by atoms with Gasteiger partial charge in [0.2, 0.25) is 10.0 Å². The average Bonchev–Trinajstić information content (AvgIpc) is 2.40. The number of benzene rings is 1. The van der Waals surface area contributed by atoms with Gasteiger partial charge in [-0.2, -0.15) is 0 Å². The van der Waals surface area contributed by atoms with Gasteiger partial charge in [-0.15, -0.1) is 0 Å². The number of rotatable bonds is 4. The molecule has 0 aromatic heterocycles. The molecule has 0 unspecified atom stereocenters. The minimum absolute atomic E-state index is 0.0226. The van der Waals surface area contributed by atoms with Crippen LogP contribution in [0.3, 0.4) is 0 Å². The molecular weight excluding hydrogens is 303 g/mol. The highest BCUT2D eigenvalue weighted by Crippen LogP contribution is 2.28. The van der Waals surface area contributed by atoms with Gasteiger partial charge in [0.05, 0.1) is 5.02 Å². The predicted molar refractivity (Wildman–Crippen MR) is 76.8 cm³/mol. The van der Waals surface area contributed by atoms with E-state index >= 15 is 0 Å². The molecule has 112 valence electrons. The Morgan fingerprint density at radius 2 is 2.05 bits per heavy atom. The second-order valence-electron chi connectivity index (χ2n) is 5.46. The third-order valence-electron chi connectivity index (χ3n) is 3.68. The van der Waals surface area contributed by atoms with Crippen LogP contribution in [0.2, 0.25) is 5.02 Å². The van der Waals surface area contributed by atoms with Crippen LogP contribution in [0, 0.1) is 11.2 Å². The van der Waals surface area contributed by atoms with Crippen LogP contribution in [-0.4, -0.2) is 28.1 Å². The standard InChI is InChI=1S/C13H18ClFN2O2S/c1-13(4-6-16-7-5-13)9-17-20(18,19)12-8-10(15)2-3-11(12)14/h2-3,8,16-17H,4-7,9H2,1H3. The molecule has 0 aliphatic carbocycles. The van der Waals surface area contributed by atoms with Gasteiger partial charge in [-0.1, -0.05) is 18.5 Å². The number of hydrogen-bond acceptors (Lipinski definition) is 3. The second-order valence-corrected chi connectivity index (χ2v) is 7.60. The number of nitrogens with one attached hydrogen (secondary N) is 2. The molecule has 1 aliphatic rings. The maximum atomic E-state index is 13.2. The number of sulfonamides is 1. The lowest BCUT2D eigenvalue weighted by Gasteiger charge is -2.34. The summed E-state index contributed by atoms with van der Waals surface area (Å²) in [5.41, 5.74) is -0.0852. The van der Waals surface area contributed by atoms with Crippen LogP contribution in [0.5, 0.6) is 0 Å². The summed E-state index contributed by atoms with van der Waals surface area (Å²) >= 11 is 5.84. The van der Waals surface area contributed by atoms with Crippen LogP contribution in [0.4, 0.5) is 4.39 Å². The van der Waals surface area contributed by atoms with E-state index < -0.39 is 15.8 Å². The Labute approximate surface area is 123 Å². The molecule has 1 aliphatic heterocycles. The lowest BCUT2D eigenvalue weighted by Crippen LogP contribution is -2.42. The molecule has 1 fully saturated rings. The molecule has 7 heteroatoms. The van der Waals surface area contributed by atoms with Crippen molar-refractivity contribution >= 4 is 21.6 Å². The Kier molecular flexibility index (Phi) is 4.69. The average molecular weight is 321 g/mol. The molecule has 0 bridgehead atoms. The molecule has 2 rings (SSSR count). The van der Waals surface area contributed by atoms with E-state index in [2.05, 4.69) is 10.0 Å². The van der Waals surface area contributed by atoms with Gasteiger partial charge in [0, 0.05) is 6.54 Å². The third kappa shape index (κ3) is 3.69. The number of halogens is 2. The first-order valence-corrected chi connectivity index (χ1v) is 8.34. The maximum Gasteiger partial charge on any atom is 0.242 e. The Balaban J connectivity index is 2.13. The van der Waals surface area contributed by atoms with Gasteiger partial charge in [0.1, 0.15) is 10.7 Å². The first kappa shape index (κ1) is 15.7. The van der Waals surface area contributed by atoms with Gasteiger partial charge >= 0.3 is 0 Å². The Morgan fingerprint density at radius 3 is 2.70 bits per heavy atom. The van der Waals surface area contributed by atoms with Gasteiger partial charge in [-0.3, -0.25) is 0 Å². The molecule has 0 saturated carbocycles. The van der Waals surface area contributed by atoms with Crippen LogP contribution < -0.4 is 10.0 Å². The van der Waals surface area contributed by atoms with Gasteiger partial charge in [0.25, 0.3) is 0 Å². The zero-order chi connectivity index (χ0) is 14.8. The van der Waals surface area contributed by atoms with Crippen LogP contribution in [0.25, 0.3) is 0 Å². The molecule has 1 heterocycles. The summed E-state index contributed by atoms with van der Waals surface area (Å²) in [4.78, 5) is -0.211. The molecule has 1 aromatic rings. The third-order valence-corrected chi connectivity index (χ3v) is 5.57. The summed E-state index contributed by atoms with van der Waals surface area (Å²) in [6.07, 6.45) is 1.79. The first-order valence-electron chi connectivity index (χ1n) is 6.48. The molecule has 0 spiro atoms. The zero-order valence-electron chi connectivity index (χ0n) is 11.2. The summed E-state index contributed by atoms with van der Waals surface area (Å²) in [5, 5.41) is 3.26. The first-order chi connectivity index (χ1) is 9.32. The molecule has 20 heavy (non-hydrogen) atoms.